The second-order valence-electron chi connectivity index (χ2n) is 4.85. The highest BCUT2D eigenvalue weighted by Crippen LogP contribution is 2.30. The summed E-state index contributed by atoms with van der Waals surface area (Å²) < 4.78 is 42.8. The molecule has 0 aliphatic rings. The minimum atomic E-state index is -4.52. The van der Waals surface area contributed by atoms with Gasteiger partial charge in [0.1, 0.15) is 5.69 Å². The fourth-order valence-corrected chi connectivity index (χ4v) is 1.94. The van der Waals surface area contributed by atoms with Crippen LogP contribution in [-0.2, 0) is 15.7 Å². The lowest BCUT2D eigenvalue weighted by atomic mass is 10.2. The molecule has 2 aromatic rings. The highest BCUT2D eigenvalue weighted by molar-refractivity contribution is 6.30. The molecule has 24 heavy (non-hydrogen) atoms. The van der Waals surface area contributed by atoms with Crippen molar-refractivity contribution in [2.45, 2.75) is 19.2 Å². The molecule has 0 aliphatic heterocycles. The van der Waals surface area contributed by atoms with Gasteiger partial charge in [-0.3, -0.25) is 4.79 Å². The quantitative estimate of drug-likeness (QED) is 0.813. The average molecular weight is 361 g/mol. The molecule has 0 unspecified atom stereocenters. The Morgan fingerprint density at radius 2 is 2.00 bits per heavy atom. The molecule has 0 fully saturated rings. The Kier molecular flexibility index (Phi) is 5.18. The third kappa shape index (κ3) is 4.51. The lowest BCUT2D eigenvalue weighted by Crippen LogP contribution is -2.30. The molecule has 0 radical (unpaired) electrons. The SMILES string of the molecule is C[C@@H](OC(=O)c1cc(Cl)c[nH]1)C(=O)Nc1cccc(C(F)(F)F)c1. The maximum atomic E-state index is 12.6. The van der Waals surface area contributed by atoms with Crippen molar-refractivity contribution in [1.29, 1.82) is 0 Å². The fraction of sp³-hybridized carbons (Fsp3) is 0.200. The number of benzene rings is 1. The number of hydrogen-bond acceptors (Lipinski definition) is 3. The monoisotopic (exact) mass is 360 g/mol. The molecule has 0 saturated carbocycles. The summed E-state index contributed by atoms with van der Waals surface area (Å²) >= 11 is 5.65. The standard InChI is InChI=1S/C15H12ClF3N2O3/c1-8(24-14(23)12-6-10(16)7-20-12)13(22)21-11-4-2-3-9(5-11)15(17,18)19/h2-8,20H,1H3,(H,21,22)/t8-/m1/s1. The second kappa shape index (κ2) is 6.96. The van der Waals surface area contributed by atoms with Crippen LogP contribution in [0.25, 0.3) is 0 Å². The van der Waals surface area contributed by atoms with Crippen LogP contribution in [0.4, 0.5) is 18.9 Å². The molecule has 1 heterocycles. The second-order valence-corrected chi connectivity index (χ2v) is 5.28. The Bertz CT molecular complexity index is 758. The predicted molar refractivity (Wildman–Crippen MR) is 80.8 cm³/mol. The number of ether oxygens (including phenoxy) is 1. The van der Waals surface area contributed by atoms with E-state index < -0.39 is 29.7 Å². The maximum Gasteiger partial charge on any atom is 0.416 e. The van der Waals surface area contributed by atoms with Crippen LogP contribution in [0.5, 0.6) is 0 Å². The topological polar surface area (TPSA) is 71.2 Å². The lowest BCUT2D eigenvalue weighted by Gasteiger charge is -2.14. The van der Waals surface area contributed by atoms with E-state index in [1.807, 2.05) is 0 Å². The van der Waals surface area contributed by atoms with E-state index in [9.17, 15) is 22.8 Å². The number of halogens is 4. The van der Waals surface area contributed by atoms with Crippen LogP contribution >= 0.6 is 11.6 Å². The first-order chi connectivity index (χ1) is 11.2. The number of carbonyl (C=O) groups excluding carboxylic acids is 2. The molecule has 0 saturated heterocycles. The third-order valence-corrected chi connectivity index (χ3v) is 3.20. The Labute approximate surface area is 139 Å². The number of amides is 1. The number of carbonyl (C=O) groups is 2. The van der Waals surface area contributed by atoms with Crippen molar-refractivity contribution in [3.63, 3.8) is 0 Å². The summed E-state index contributed by atoms with van der Waals surface area (Å²) in [4.78, 5) is 26.3. The zero-order valence-corrected chi connectivity index (χ0v) is 13.0. The molecule has 2 rings (SSSR count). The van der Waals surface area contributed by atoms with Crippen LogP contribution in [0.3, 0.4) is 0 Å². The van der Waals surface area contributed by atoms with Crippen molar-refractivity contribution >= 4 is 29.2 Å². The van der Waals surface area contributed by atoms with Crippen LogP contribution in [0.2, 0.25) is 5.02 Å². The summed E-state index contributed by atoms with van der Waals surface area (Å²) in [6.45, 7) is 1.30. The van der Waals surface area contributed by atoms with Crippen molar-refractivity contribution in [2.75, 3.05) is 5.32 Å². The van der Waals surface area contributed by atoms with Gasteiger partial charge in [-0.15, -0.1) is 0 Å². The van der Waals surface area contributed by atoms with E-state index in [2.05, 4.69) is 10.3 Å². The van der Waals surface area contributed by atoms with Crippen LogP contribution in [0.15, 0.2) is 36.5 Å². The van der Waals surface area contributed by atoms with Gasteiger partial charge in [0.15, 0.2) is 6.10 Å². The molecule has 1 amide bonds. The first-order valence-corrected chi connectivity index (χ1v) is 7.07. The molecule has 0 aliphatic carbocycles. The van der Waals surface area contributed by atoms with Crippen LogP contribution < -0.4 is 5.32 Å². The number of alkyl halides is 3. The summed E-state index contributed by atoms with van der Waals surface area (Å²) in [6, 6.07) is 5.45. The summed E-state index contributed by atoms with van der Waals surface area (Å²) in [5.74, 6) is -1.58. The normalized spacial score (nSPS) is 12.5. The number of hydrogen-bond donors (Lipinski definition) is 2. The largest absolute Gasteiger partial charge is 0.448 e. The smallest absolute Gasteiger partial charge is 0.416 e. The number of aromatic nitrogens is 1. The van der Waals surface area contributed by atoms with E-state index in [1.54, 1.807) is 0 Å². The van der Waals surface area contributed by atoms with Gasteiger partial charge in [-0.05, 0) is 31.2 Å². The van der Waals surface area contributed by atoms with Gasteiger partial charge in [0, 0.05) is 11.9 Å². The van der Waals surface area contributed by atoms with Crippen LogP contribution in [0, 0.1) is 0 Å². The van der Waals surface area contributed by atoms with Crippen molar-refractivity contribution in [3.8, 4) is 0 Å². The van der Waals surface area contributed by atoms with Crippen LogP contribution in [-0.4, -0.2) is 23.0 Å². The molecule has 1 aromatic carbocycles. The number of H-pyrrole nitrogens is 1. The average Bonchev–Trinajstić information content (AvgIpc) is 2.93. The molecule has 1 atom stereocenters. The molecule has 5 nitrogen and oxygen atoms in total. The van der Waals surface area contributed by atoms with E-state index in [1.165, 1.54) is 25.3 Å². The molecular formula is C15H12ClF3N2O3. The minimum Gasteiger partial charge on any atom is -0.448 e. The highest BCUT2D eigenvalue weighted by Gasteiger charge is 2.30. The minimum absolute atomic E-state index is 0.0544. The summed E-state index contributed by atoms with van der Waals surface area (Å²) in [7, 11) is 0. The molecule has 0 spiro atoms. The van der Waals surface area contributed by atoms with Crippen molar-refractivity contribution in [3.05, 3.63) is 52.8 Å². The van der Waals surface area contributed by atoms with Gasteiger partial charge in [-0.1, -0.05) is 17.7 Å². The number of rotatable bonds is 4. The first-order valence-electron chi connectivity index (χ1n) is 6.70. The van der Waals surface area contributed by atoms with Gasteiger partial charge < -0.3 is 15.0 Å². The number of aromatic amines is 1. The van der Waals surface area contributed by atoms with E-state index in [-0.39, 0.29) is 11.4 Å². The summed E-state index contributed by atoms with van der Waals surface area (Å²) in [5, 5.41) is 2.56. The zero-order chi connectivity index (χ0) is 17.9. The zero-order valence-electron chi connectivity index (χ0n) is 12.3. The molecule has 9 heteroatoms. The first kappa shape index (κ1) is 17.9. The number of esters is 1. The summed E-state index contributed by atoms with van der Waals surface area (Å²) in [6.07, 6.45) is -4.37. The maximum absolute atomic E-state index is 12.6. The van der Waals surface area contributed by atoms with Crippen molar-refractivity contribution in [1.82, 2.24) is 4.98 Å². The van der Waals surface area contributed by atoms with Crippen LogP contribution in [0.1, 0.15) is 23.0 Å². The predicted octanol–water partition coefficient (Wildman–Crippen LogP) is 3.87. The van der Waals surface area contributed by atoms with Gasteiger partial charge in [-0.2, -0.15) is 13.2 Å². The molecule has 128 valence electrons. The van der Waals surface area contributed by atoms with Gasteiger partial charge in [0.05, 0.1) is 10.6 Å². The van der Waals surface area contributed by atoms with E-state index >= 15 is 0 Å². The molecule has 2 N–H and O–H groups in total. The van der Waals surface area contributed by atoms with Crippen molar-refractivity contribution in [2.24, 2.45) is 0 Å². The summed E-state index contributed by atoms with van der Waals surface area (Å²) in [5.41, 5.74) is -0.898. The Morgan fingerprint density at radius 3 is 2.58 bits per heavy atom. The van der Waals surface area contributed by atoms with E-state index in [4.69, 9.17) is 16.3 Å². The lowest BCUT2D eigenvalue weighted by molar-refractivity contribution is -0.137. The van der Waals surface area contributed by atoms with E-state index in [0.717, 1.165) is 18.2 Å². The Morgan fingerprint density at radius 1 is 1.29 bits per heavy atom. The molecule has 1 aromatic heterocycles. The van der Waals surface area contributed by atoms with Gasteiger partial charge in [0.25, 0.3) is 5.91 Å². The van der Waals surface area contributed by atoms with Crippen molar-refractivity contribution < 1.29 is 27.5 Å². The van der Waals surface area contributed by atoms with E-state index in [0.29, 0.717) is 5.02 Å². The molecule has 0 bridgehead atoms. The van der Waals surface area contributed by atoms with Gasteiger partial charge >= 0.3 is 12.1 Å². The fourth-order valence-electron chi connectivity index (χ4n) is 1.78. The Hall–Kier alpha value is -2.48. The third-order valence-electron chi connectivity index (χ3n) is 2.98. The number of nitrogens with one attached hydrogen (secondary N) is 2. The molecular weight excluding hydrogens is 349 g/mol. The Balaban J connectivity index is 2.00. The van der Waals surface area contributed by atoms with Gasteiger partial charge in [-0.25, -0.2) is 4.79 Å². The highest BCUT2D eigenvalue weighted by atomic mass is 35.5. The van der Waals surface area contributed by atoms with Gasteiger partial charge in [0.2, 0.25) is 0 Å². The number of anilines is 1.